The minimum absolute atomic E-state index is 0.111. The molecule has 1 heterocycles. The molecule has 0 atom stereocenters. The Bertz CT molecular complexity index is 402. The summed E-state index contributed by atoms with van der Waals surface area (Å²) in [6, 6.07) is 8.19. The average molecular weight is 316 g/mol. The third-order valence-electron chi connectivity index (χ3n) is 2.36. The van der Waals surface area contributed by atoms with E-state index >= 15 is 0 Å². The van der Waals surface area contributed by atoms with Crippen molar-refractivity contribution in [2.45, 2.75) is 11.9 Å². The molecule has 0 spiro atoms. The van der Waals surface area contributed by atoms with Gasteiger partial charge in [0.15, 0.2) is 0 Å². The first-order valence-corrected chi connectivity index (χ1v) is 7.33. The molecule has 5 heteroatoms. The fourth-order valence-electron chi connectivity index (χ4n) is 1.45. The Kier molecular flexibility index (Phi) is 4.00. The van der Waals surface area contributed by atoms with Crippen LogP contribution in [0.4, 0.5) is 0 Å². The van der Waals surface area contributed by atoms with Gasteiger partial charge in [0.1, 0.15) is 4.32 Å². The van der Waals surface area contributed by atoms with Crippen LogP contribution in [0, 0.1) is 0 Å². The lowest BCUT2D eigenvalue weighted by Crippen LogP contribution is -2.27. The molecule has 1 aliphatic heterocycles. The highest BCUT2D eigenvalue weighted by Crippen LogP contribution is 2.21. The number of alkyl halides is 1. The van der Waals surface area contributed by atoms with Gasteiger partial charge in [-0.2, -0.15) is 0 Å². The van der Waals surface area contributed by atoms with Crippen LogP contribution in [0.25, 0.3) is 0 Å². The van der Waals surface area contributed by atoms with E-state index in [1.165, 1.54) is 17.3 Å². The molecule has 1 aliphatic rings. The second kappa shape index (κ2) is 5.29. The molecule has 1 fully saturated rings. The van der Waals surface area contributed by atoms with Gasteiger partial charge in [0, 0.05) is 5.33 Å². The number of carbonyl (C=O) groups excluding carboxylic acids is 1. The van der Waals surface area contributed by atoms with E-state index in [2.05, 4.69) is 28.1 Å². The van der Waals surface area contributed by atoms with E-state index in [4.69, 9.17) is 12.2 Å². The molecule has 2 nitrogen and oxygen atoms in total. The molecule has 0 bridgehead atoms. The number of benzene rings is 1. The Hall–Kier alpha value is -0.390. The van der Waals surface area contributed by atoms with Crippen molar-refractivity contribution in [3.63, 3.8) is 0 Å². The summed E-state index contributed by atoms with van der Waals surface area (Å²) in [5, 5.41) is 0.851. The summed E-state index contributed by atoms with van der Waals surface area (Å²) in [6.45, 7) is 0.591. The van der Waals surface area contributed by atoms with Gasteiger partial charge in [-0.05, 0) is 11.1 Å². The third kappa shape index (κ3) is 2.64. The summed E-state index contributed by atoms with van der Waals surface area (Å²) >= 11 is 9.97. The fraction of sp³-hybridized carbons (Fsp3) is 0.273. The summed E-state index contributed by atoms with van der Waals surface area (Å²) < 4.78 is 0.689. The quantitative estimate of drug-likeness (QED) is 0.632. The van der Waals surface area contributed by atoms with Gasteiger partial charge < -0.3 is 0 Å². The van der Waals surface area contributed by atoms with Crippen LogP contribution >= 0.6 is 39.9 Å². The number of carbonyl (C=O) groups is 1. The van der Waals surface area contributed by atoms with Gasteiger partial charge in [-0.15, -0.1) is 0 Å². The van der Waals surface area contributed by atoms with Crippen LogP contribution in [0.3, 0.4) is 0 Å². The molecule has 84 valence electrons. The van der Waals surface area contributed by atoms with Crippen molar-refractivity contribution in [1.29, 1.82) is 0 Å². The van der Waals surface area contributed by atoms with Crippen LogP contribution in [0.2, 0.25) is 0 Å². The van der Waals surface area contributed by atoms with E-state index in [1.54, 1.807) is 4.90 Å². The number of nitrogens with zero attached hydrogens (tertiary/aromatic N) is 1. The average Bonchev–Trinajstić information content (AvgIpc) is 2.62. The number of amides is 1. The highest BCUT2D eigenvalue weighted by Gasteiger charge is 2.26. The zero-order chi connectivity index (χ0) is 11.5. The van der Waals surface area contributed by atoms with Gasteiger partial charge in [-0.1, -0.05) is 64.2 Å². The van der Waals surface area contributed by atoms with E-state index in [1.807, 2.05) is 12.1 Å². The number of halogens is 1. The second-order valence-electron chi connectivity index (χ2n) is 3.48. The standard InChI is InChI=1S/C11H10BrNOS2/c12-5-8-1-3-9(4-2-8)6-13-10(14)7-16-11(13)15/h1-4H,5-7H2. The molecule has 1 aromatic rings. The number of rotatable bonds is 3. The lowest BCUT2D eigenvalue weighted by molar-refractivity contribution is -0.124. The molecule has 1 amide bonds. The van der Waals surface area contributed by atoms with Crippen molar-refractivity contribution < 1.29 is 4.79 Å². The van der Waals surface area contributed by atoms with Gasteiger partial charge in [0.25, 0.3) is 0 Å². The van der Waals surface area contributed by atoms with Crippen LogP contribution in [0.1, 0.15) is 11.1 Å². The Labute approximate surface area is 113 Å². The molecule has 16 heavy (non-hydrogen) atoms. The summed E-state index contributed by atoms with van der Waals surface area (Å²) in [5.41, 5.74) is 2.34. The number of hydrogen-bond donors (Lipinski definition) is 0. The van der Waals surface area contributed by atoms with Gasteiger partial charge in [0.2, 0.25) is 5.91 Å². The lowest BCUT2D eigenvalue weighted by atomic mass is 10.1. The molecular weight excluding hydrogens is 306 g/mol. The largest absolute Gasteiger partial charge is 0.293 e. The highest BCUT2D eigenvalue weighted by atomic mass is 79.9. The van der Waals surface area contributed by atoms with Crippen molar-refractivity contribution in [2.75, 3.05) is 5.75 Å². The molecule has 0 unspecified atom stereocenters. The molecular formula is C11H10BrNOS2. The molecule has 0 saturated carbocycles. The summed E-state index contributed by atoms with van der Waals surface area (Å²) in [6.07, 6.45) is 0. The van der Waals surface area contributed by atoms with Gasteiger partial charge >= 0.3 is 0 Å². The van der Waals surface area contributed by atoms with Gasteiger partial charge in [-0.3, -0.25) is 9.69 Å². The van der Waals surface area contributed by atoms with E-state index in [-0.39, 0.29) is 5.91 Å². The first kappa shape index (κ1) is 12.1. The summed E-state index contributed by atoms with van der Waals surface area (Å²) in [4.78, 5) is 13.2. The zero-order valence-electron chi connectivity index (χ0n) is 8.48. The minimum Gasteiger partial charge on any atom is -0.293 e. The minimum atomic E-state index is 0.111. The first-order valence-electron chi connectivity index (χ1n) is 4.81. The topological polar surface area (TPSA) is 20.3 Å². The summed E-state index contributed by atoms with van der Waals surface area (Å²) in [7, 11) is 0. The van der Waals surface area contributed by atoms with Crippen LogP contribution in [0.5, 0.6) is 0 Å². The van der Waals surface area contributed by atoms with Crippen LogP contribution in [0.15, 0.2) is 24.3 Å². The van der Waals surface area contributed by atoms with E-state index in [9.17, 15) is 4.79 Å². The molecule has 0 aromatic heterocycles. The Morgan fingerprint density at radius 2 is 1.94 bits per heavy atom. The van der Waals surface area contributed by atoms with Crippen molar-refractivity contribution in [1.82, 2.24) is 4.90 Å². The SMILES string of the molecule is O=C1CSC(=S)N1Cc1ccc(CBr)cc1. The van der Waals surface area contributed by atoms with Crippen LogP contribution in [-0.4, -0.2) is 20.9 Å². The van der Waals surface area contributed by atoms with E-state index in [0.717, 1.165) is 10.9 Å². The smallest absolute Gasteiger partial charge is 0.238 e. The zero-order valence-corrected chi connectivity index (χ0v) is 11.7. The highest BCUT2D eigenvalue weighted by molar-refractivity contribution is 9.08. The van der Waals surface area contributed by atoms with E-state index in [0.29, 0.717) is 16.6 Å². The normalized spacial score (nSPS) is 15.9. The predicted molar refractivity (Wildman–Crippen MR) is 74.7 cm³/mol. The number of hydrogen-bond acceptors (Lipinski definition) is 3. The Balaban J connectivity index is 2.08. The molecule has 0 aliphatic carbocycles. The summed E-state index contributed by atoms with van der Waals surface area (Å²) in [5.74, 6) is 0.595. The van der Waals surface area contributed by atoms with Crippen molar-refractivity contribution >= 4 is 50.1 Å². The fourth-order valence-corrected chi connectivity index (χ4v) is 2.89. The molecule has 1 aromatic carbocycles. The third-order valence-corrected chi connectivity index (χ3v) is 4.44. The molecule has 1 saturated heterocycles. The van der Waals surface area contributed by atoms with Crippen molar-refractivity contribution in [3.8, 4) is 0 Å². The number of thiocarbonyl (C=S) groups is 1. The number of thioether (sulfide) groups is 1. The van der Waals surface area contributed by atoms with Crippen molar-refractivity contribution in [3.05, 3.63) is 35.4 Å². The monoisotopic (exact) mass is 315 g/mol. The van der Waals surface area contributed by atoms with Gasteiger partial charge in [0.05, 0.1) is 12.3 Å². The maximum absolute atomic E-state index is 11.5. The maximum Gasteiger partial charge on any atom is 0.238 e. The lowest BCUT2D eigenvalue weighted by Gasteiger charge is -2.14. The van der Waals surface area contributed by atoms with Crippen LogP contribution < -0.4 is 0 Å². The Morgan fingerprint density at radius 3 is 2.44 bits per heavy atom. The predicted octanol–water partition coefficient (Wildman–Crippen LogP) is 2.94. The van der Waals surface area contributed by atoms with Crippen molar-refractivity contribution in [2.24, 2.45) is 0 Å². The first-order chi connectivity index (χ1) is 7.70. The van der Waals surface area contributed by atoms with Crippen LogP contribution in [-0.2, 0) is 16.7 Å². The second-order valence-corrected chi connectivity index (χ2v) is 5.65. The molecule has 0 radical (unpaired) electrons. The van der Waals surface area contributed by atoms with Gasteiger partial charge in [-0.25, -0.2) is 0 Å². The maximum atomic E-state index is 11.5. The molecule has 2 rings (SSSR count). The van der Waals surface area contributed by atoms with E-state index < -0.39 is 0 Å². The molecule has 0 N–H and O–H groups in total. The Morgan fingerprint density at radius 1 is 1.31 bits per heavy atom.